The molecular weight excluding hydrogens is 280 g/mol. The monoisotopic (exact) mass is 302 g/mol. The van der Waals surface area contributed by atoms with Gasteiger partial charge in [-0.3, -0.25) is 4.68 Å². The van der Waals surface area contributed by atoms with Crippen LogP contribution in [0, 0.1) is 18.8 Å². The first-order valence-corrected chi connectivity index (χ1v) is 6.98. The third kappa shape index (κ3) is 3.81. The average Bonchev–Trinajstić information content (AvgIpc) is 2.44. The van der Waals surface area contributed by atoms with Gasteiger partial charge in [0.05, 0.1) is 22.0 Å². The SMILES string of the molecule is Cc1nn(C)c(CC(O)C(C)CC(C)C)c1Br. The Hall–Kier alpha value is -0.350. The van der Waals surface area contributed by atoms with E-state index in [-0.39, 0.29) is 6.10 Å². The summed E-state index contributed by atoms with van der Waals surface area (Å²) in [5.41, 5.74) is 2.05. The molecule has 3 nitrogen and oxygen atoms in total. The lowest BCUT2D eigenvalue weighted by molar-refractivity contribution is 0.103. The van der Waals surface area contributed by atoms with E-state index in [0.717, 1.165) is 22.3 Å². The molecular formula is C13H23BrN2O. The molecule has 0 fully saturated rings. The zero-order valence-electron chi connectivity index (χ0n) is 11.4. The second-order valence-electron chi connectivity index (χ2n) is 5.35. The Labute approximate surface area is 112 Å². The maximum Gasteiger partial charge on any atom is 0.0738 e. The summed E-state index contributed by atoms with van der Waals surface area (Å²) in [4.78, 5) is 0. The predicted octanol–water partition coefficient (Wildman–Crippen LogP) is 3.08. The van der Waals surface area contributed by atoms with E-state index in [0.29, 0.717) is 18.3 Å². The molecule has 4 heteroatoms. The maximum absolute atomic E-state index is 10.2. The first kappa shape index (κ1) is 14.7. The molecule has 0 aliphatic heterocycles. The summed E-state index contributed by atoms with van der Waals surface area (Å²) < 4.78 is 2.88. The van der Waals surface area contributed by atoms with Gasteiger partial charge in [-0.2, -0.15) is 5.10 Å². The Balaban J connectivity index is 2.70. The summed E-state index contributed by atoms with van der Waals surface area (Å²) in [6.45, 7) is 8.46. The Bertz CT molecular complexity index is 374. The van der Waals surface area contributed by atoms with Gasteiger partial charge in [0.2, 0.25) is 0 Å². The molecule has 0 saturated heterocycles. The van der Waals surface area contributed by atoms with Gasteiger partial charge in [-0.1, -0.05) is 20.8 Å². The van der Waals surface area contributed by atoms with Gasteiger partial charge in [-0.05, 0) is 41.1 Å². The van der Waals surface area contributed by atoms with Crippen molar-refractivity contribution < 1.29 is 5.11 Å². The molecule has 1 aromatic rings. The van der Waals surface area contributed by atoms with Crippen LogP contribution in [0.5, 0.6) is 0 Å². The van der Waals surface area contributed by atoms with Crippen LogP contribution in [0.25, 0.3) is 0 Å². The van der Waals surface area contributed by atoms with Crippen molar-refractivity contribution in [2.45, 2.75) is 46.6 Å². The van der Waals surface area contributed by atoms with Crippen LogP contribution in [0.2, 0.25) is 0 Å². The van der Waals surface area contributed by atoms with Crippen molar-refractivity contribution in [3.63, 3.8) is 0 Å². The summed E-state index contributed by atoms with van der Waals surface area (Å²) >= 11 is 3.54. The fourth-order valence-corrected chi connectivity index (χ4v) is 2.70. The lowest BCUT2D eigenvalue weighted by atomic mass is 9.91. The second-order valence-corrected chi connectivity index (χ2v) is 6.14. The minimum atomic E-state index is -0.302. The highest BCUT2D eigenvalue weighted by molar-refractivity contribution is 9.10. The molecule has 0 radical (unpaired) electrons. The van der Waals surface area contributed by atoms with Crippen LogP contribution in [-0.4, -0.2) is 21.0 Å². The highest BCUT2D eigenvalue weighted by Gasteiger charge is 2.20. The maximum atomic E-state index is 10.2. The van der Waals surface area contributed by atoms with Crippen LogP contribution in [-0.2, 0) is 13.5 Å². The second kappa shape index (κ2) is 6.01. The highest BCUT2D eigenvalue weighted by atomic mass is 79.9. The number of hydrogen-bond donors (Lipinski definition) is 1. The van der Waals surface area contributed by atoms with Crippen LogP contribution < -0.4 is 0 Å². The summed E-state index contributed by atoms with van der Waals surface area (Å²) in [5, 5.41) is 14.6. The molecule has 98 valence electrons. The summed E-state index contributed by atoms with van der Waals surface area (Å²) in [7, 11) is 1.92. The number of aryl methyl sites for hydroxylation is 2. The molecule has 0 aliphatic rings. The summed E-state index contributed by atoms with van der Waals surface area (Å²) in [6, 6.07) is 0. The van der Waals surface area contributed by atoms with Crippen molar-refractivity contribution in [2.75, 3.05) is 0 Å². The van der Waals surface area contributed by atoms with Crippen LogP contribution in [0.4, 0.5) is 0 Å². The molecule has 0 amide bonds. The Morgan fingerprint density at radius 2 is 1.94 bits per heavy atom. The van der Waals surface area contributed by atoms with Crippen LogP contribution >= 0.6 is 15.9 Å². The number of rotatable bonds is 5. The fourth-order valence-electron chi connectivity index (χ4n) is 2.20. The molecule has 1 aromatic heterocycles. The van der Waals surface area contributed by atoms with E-state index in [1.165, 1.54) is 0 Å². The largest absolute Gasteiger partial charge is 0.392 e. The average molecular weight is 303 g/mol. The van der Waals surface area contributed by atoms with Crippen LogP contribution in [0.3, 0.4) is 0 Å². The minimum absolute atomic E-state index is 0.302. The number of nitrogens with zero attached hydrogens (tertiary/aromatic N) is 2. The van der Waals surface area contributed by atoms with Gasteiger partial charge >= 0.3 is 0 Å². The Kier molecular flexibility index (Phi) is 5.20. The molecule has 0 aliphatic carbocycles. The van der Waals surface area contributed by atoms with E-state index >= 15 is 0 Å². The minimum Gasteiger partial charge on any atom is -0.392 e. The van der Waals surface area contributed by atoms with E-state index < -0.39 is 0 Å². The molecule has 17 heavy (non-hydrogen) atoms. The lowest BCUT2D eigenvalue weighted by Crippen LogP contribution is -2.23. The van der Waals surface area contributed by atoms with Gasteiger partial charge in [0.15, 0.2) is 0 Å². The van der Waals surface area contributed by atoms with Gasteiger partial charge in [-0.15, -0.1) is 0 Å². The van der Waals surface area contributed by atoms with E-state index in [4.69, 9.17) is 0 Å². The number of aliphatic hydroxyl groups is 1. The first-order valence-electron chi connectivity index (χ1n) is 6.19. The van der Waals surface area contributed by atoms with E-state index in [1.807, 2.05) is 18.7 Å². The number of aromatic nitrogens is 2. The Morgan fingerprint density at radius 3 is 2.35 bits per heavy atom. The van der Waals surface area contributed by atoms with Crippen molar-refractivity contribution in [3.8, 4) is 0 Å². The van der Waals surface area contributed by atoms with Crippen molar-refractivity contribution in [2.24, 2.45) is 18.9 Å². The molecule has 0 saturated carbocycles. The number of halogens is 1. The molecule has 0 aromatic carbocycles. The van der Waals surface area contributed by atoms with E-state index in [1.54, 1.807) is 0 Å². The smallest absolute Gasteiger partial charge is 0.0738 e. The molecule has 1 rings (SSSR count). The zero-order chi connectivity index (χ0) is 13.2. The quantitative estimate of drug-likeness (QED) is 0.908. The topological polar surface area (TPSA) is 38.0 Å². The highest BCUT2D eigenvalue weighted by Crippen LogP contribution is 2.24. The Morgan fingerprint density at radius 1 is 1.35 bits per heavy atom. The number of aliphatic hydroxyl groups excluding tert-OH is 1. The lowest BCUT2D eigenvalue weighted by Gasteiger charge is -2.20. The van der Waals surface area contributed by atoms with Gasteiger partial charge in [0, 0.05) is 13.5 Å². The normalized spacial score (nSPS) is 15.3. The number of hydrogen-bond acceptors (Lipinski definition) is 2. The van der Waals surface area contributed by atoms with E-state index in [2.05, 4.69) is 41.8 Å². The van der Waals surface area contributed by atoms with Crippen molar-refractivity contribution >= 4 is 15.9 Å². The molecule has 1 N–H and O–H groups in total. The van der Waals surface area contributed by atoms with Gasteiger partial charge in [0.1, 0.15) is 0 Å². The van der Waals surface area contributed by atoms with Crippen LogP contribution in [0.1, 0.15) is 38.6 Å². The molecule has 1 heterocycles. The van der Waals surface area contributed by atoms with Crippen molar-refractivity contribution in [1.29, 1.82) is 0 Å². The molecule has 2 unspecified atom stereocenters. The fraction of sp³-hybridized carbons (Fsp3) is 0.769. The standard InChI is InChI=1S/C13H23BrN2O/c1-8(2)6-9(3)12(17)7-11-13(14)10(4)15-16(11)5/h8-9,12,17H,6-7H2,1-5H3. The first-order chi connectivity index (χ1) is 7.82. The molecule has 2 atom stereocenters. The van der Waals surface area contributed by atoms with Gasteiger partial charge < -0.3 is 5.11 Å². The zero-order valence-corrected chi connectivity index (χ0v) is 13.0. The van der Waals surface area contributed by atoms with Crippen molar-refractivity contribution in [3.05, 3.63) is 15.9 Å². The third-order valence-corrected chi connectivity index (χ3v) is 4.20. The third-order valence-electron chi connectivity index (χ3n) is 3.16. The molecule has 0 spiro atoms. The van der Waals surface area contributed by atoms with Gasteiger partial charge in [0.25, 0.3) is 0 Å². The summed E-state index contributed by atoms with van der Waals surface area (Å²) in [6.07, 6.45) is 1.41. The van der Waals surface area contributed by atoms with Crippen LogP contribution in [0.15, 0.2) is 4.47 Å². The van der Waals surface area contributed by atoms with Crippen molar-refractivity contribution in [1.82, 2.24) is 9.78 Å². The molecule has 0 bridgehead atoms. The summed E-state index contributed by atoms with van der Waals surface area (Å²) in [5.74, 6) is 0.938. The van der Waals surface area contributed by atoms with Gasteiger partial charge in [-0.25, -0.2) is 0 Å². The van der Waals surface area contributed by atoms with E-state index in [9.17, 15) is 5.11 Å². The predicted molar refractivity (Wildman–Crippen MR) is 74.0 cm³/mol.